The van der Waals surface area contributed by atoms with E-state index < -0.39 is 34.8 Å². The molecule has 1 unspecified atom stereocenters. The van der Waals surface area contributed by atoms with Gasteiger partial charge in [0.25, 0.3) is 0 Å². The summed E-state index contributed by atoms with van der Waals surface area (Å²) < 4.78 is 26.6. The van der Waals surface area contributed by atoms with E-state index in [2.05, 4.69) is 5.32 Å². The van der Waals surface area contributed by atoms with E-state index in [1.807, 2.05) is 0 Å². The molecule has 0 aromatic heterocycles. The molecule has 0 heterocycles. The van der Waals surface area contributed by atoms with Gasteiger partial charge in [-0.3, -0.25) is 9.59 Å². The summed E-state index contributed by atoms with van der Waals surface area (Å²) in [5, 5.41) is 11.3. The molecule has 20 heavy (non-hydrogen) atoms. The Kier molecular flexibility index (Phi) is 3.74. The second kappa shape index (κ2) is 5.19. The molecule has 1 saturated carbocycles. The number of nitrogens with one attached hydrogen (secondary N) is 1. The van der Waals surface area contributed by atoms with Crippen LogP contribution in [0, 0.1) is 17.6 Å². The van der Waals surface area contributed by atoms with Crippen LogP contribution in [-0.2, 0) is 15.0 Å². The van der Waals surface area contributed by atoms with Crippen molar-refractivity contribution in [1.82, 2.24) is 5.32 Å². The molecule has 0 bridgehead atoms. The summed E-state index contributed by atoms with van der Waals surface area (Å²) in [5.41, 5.74) is -0.173. The number of hydrogen-bond donors (Lipinski definition) is 2. The summed E-state index contributed by atoms with van der Waals surface area (Å²) in [5.74, 6) is -4.25. The van der Waals surface area contributed by atoms with Gasteiger partial charge in [-0.25, -0.2) is 8.78 Å². The summed E-state index contributed by atoms with van der Waals surface area (Å²) in [7, 11) is 0. The Morgan fingerprint density at radius 2 is 2.05 bits per heavy atom. The van der Waals surface area contributed by atoms with Gasteiger partial charge >= 0.3 is 5.97 Å². The lowest BCUT2D eigenvalue weighted by atomic mass is 9.95. The first-order valence-electron chi connectivity index (χ1n) is 6.32. The normalized spacial score (nSPS) is 17.4. The van der Waals surface area contributed by atoms with E-state index in [1.54, 1.807) is 0 Å². The smallest absolute Gasteiger partial charge is 0.315 e. The number of rotatable bonds is 5. The summed E-state index contributed by atoms with van der Waals surface area (Å²) in [6.07, 6.45) is 1.36. The van der Waals surface area contributed by atoms with Crippen molar-refractivity contribution >= 4 is 11.9 Å². The number of carbonyl (C=O) groups excluding carboxylic acids is 1. The summed E-state index contributed by atoms with van der Waals surface area (Å²) in [6, 6.07) is 3.38. The Hall–Kier alpha value is -1.98. The van der Waals surface area contributed by atoms with Crippen molar-refractivity contribution in [2.24, 2.45) is 5.92 Å². The molecule has 1 amide bonds. The lowest BCUT2D eigenvalue weighted by molar-refractivity contribution is -0.146. The van der Waals surface area contributed by atoms with E-state index in [-0.39, 0.29) is 6.54 Å². The third kappa shape index (κ3) is 2.79. The molecule has 0 radical (unpaired) electrons. The quantitative estimate of drug-likeness (QED) is 0.810. The SMILES string of the molecule is CC(C(=O)O)C(=O)NCC1(c2ccc(F)cc2F)CC1. The second-order valence-corrected chi connectivity index (χ2v) is 5.18. The van der Waals surface area contributed by atoms with Crippen molar-refractivity contribution in [3.63, 3.8) is 0 Å². The number of aliphatic carboxylic acids is 1. The maximum atomic E-state index is 13.8. The number of amides is 1. The van der Waals surface area contributed by atoms with E-state index in [9.17, 15) is 18.4 Å². The monoisotopic (exact) mass is 283 g/mol. The Balaban J connectivity index is 2.06. The van der Waals surface area contributed by atoms with Crippen LogP contribution >= 0.6 is 0 Å². The zero-order chi connectivity index (χ0) is 14.9. The molecule has 1 atom stereocenters. The summed E-state index contributed by atoms with van der Waals surface area (Å²) in [6.45, 7) is 1.45. The first-order chi connectivity index (χ1) is 9.35. The molecule has 6 heteroatoms. The zero-order valence-corrected chi connectivity index (χ0v) is 11.0. The molecule has 1 fully saturated rings. The predicted molar refractivity (Wildman–Crippen MR) is 67.1 cm³/mol. The maximum absolute atomic E-state index is 13.8. The topological polar surface area (TPSA) is 66.4 Å². The third-order valence-corrected chi connectivity index (χ3v) is 3.72. The van der Waals surface area contributed by atoms with E-state index in [0.29, 0.717) is 18.4 Å². The van der Waals surface area contributed by atoms with Crippen LogP contribution in [0.4, 0.5) is 8.78 Å². The molecule has 0 spiro atoms. The van der Waals surface area contributed by atoms with Crippen molar-refractivity contribution in [3.8, 4) is 0 Å². The summed E-state index contributed by atoms with van der Waals surface area (Å²) in [4.78, 5) is 22.3. The fourth-order valence-corrected chi connectivity index (χ4v) is 2.13. The highest BCUT2D eigenvalue weighted by molar-refractivity contribution is 5.96. The van der Waals surface area contributed by atoms with Crippen LogP contribution in [0.3, 0.4) is 0 Å². The molecule has 108 valence electrons. The average Bonchev–Trinajstić information content (AvgIpc) is 3.15. The molecular weight excluding hydrogens is 268 g/mol. The van der Waals surface area contributed by atoms with Gasteiger partial charge in [-0.1, -0.05) is 6.07 Å². The standard InChI is InChI=1S/C14H15F2NO3/c1-8(13(19)20)12(18)17-7-14(4-5-14)10-3-2-9(15)6-11(10)16/h2-3,6,8H,4-5,7H2,1H3,(H,17,18)(H,19,20). The van der Waals surface area contributed by atoms with Crippen molar-refractivity contribution < 1.29 is 23.5 Å². The molecule has 0 saturated heterocycles. The van der Waals surface area contributed by atoms with Gasteiger partial charge in [0.2, 0.25) is 5.91 Å². The predicted octanol–water partition coefficient (Wildman–Crippen LogP) is 1.83. The number of benzene rings is 1. The van der Waals surface area contributed by atoms with Gasteiger partial charge in [-0.2, -0.15) is 0 Å². The largest absolute Gasteiger partial charge is 0.481 e. The fourth-order valence-electron chi connectivity index (χ4n) is 2.13. The molecule has 2 N–H and O–H groups in total. The van der Waals surface area contributed by atoms with Gasteiger partial charge in [0.1, 0.15) is 17.6 Å². The Labute approximate surface area is 114 Å². The molecular formula is C14H15F2NO3. The molecule has 1 aliphatic carbocycles. The van der Waals surface area contributed by atoms with Gasteiger partial charge in [-0.05, 0) is 31.4 Å². The van der Waals surface area contributed by atoms with E-state index in [4.69, 9.17) is 5.11 Å². The molecule has 1 aromatic carbocycles. The Morgan fingerprint density at radius 1 is 1.40 bits per heavy atom. The second-order valence-electron chi connectivity index (χ2n) is 5.18. The van der Waals surface area contributed by atoms with Crippen molar-refractivity contribution in [2.45, 2.75) is 25.2 Å². The van der Waals surface area contributed by atoms with Crippen molar-refractivity contribution in [2.75, 3.05) is 6.54 Å². The van der Waals surface area contributed by atoms with Crippen LogP contribution in [0.2, 0.25) is 0 Å². The average molecular weight is 283 g/mol. The highest BCUT2D eigenvalue weighted by atomic mass is 19.1. The summed E-state index contributed by atoms with van der Waals surface area (Å²) >= 11 is 0. The van der Waals surface area contributed by atoms with E-state index in [1.165, 1.54) is 19.1 Å². The van der Waals surface area contributed by atoms with Gasteiger partial charge < -0.3 is 10.4 Å². The minimum absolute atomic E-state index is 0.159. The van der Waals surface area contributed by atoms with Crippen molar-refractivity contribution in [3.05, 3.63) is 35.4 Å². The lowest BCUT2D eigenvalue weighted by Crippen LogP contribution is -2.38. The zero-order valence-electron chi connectivity index (χ0n) is 11.0. The Morgan fingerprint density at radius 3 is 2.55 bits per heavy atom. The first-order valence-corrected chi connectivity index (χ1v) is 6.32. The number of carboxylic acid groups (broad SMARTS) is 1. The van der Waals surface area contributed by atoms with Crippen LogP contribution in [0.15, 0.2) is 18.2 Å². The molecule has 0 aliphatic heterocycles. The van der Waals surface area contributed by atoms with E-state index >= 15 is 0 Å². The van der Waals surface area contributed by atoms with Crippen LogP contribution in [0.1, 0.15) is 25.3 Å². The van der Waals surface area contributed by atoms with Gasteiger partial charge in [0, 0.05) is 18.0 Å². The first kappa shape index (κ1) is 14.4. The fraction of sp³-hybridized carbons (Fsp3) is 0.429. The van der Waals surface area contributed by atoms with Crippen molar-refractivity contribution in [1.29, 1.82) is 0 Å². The maximum Gasteiger partial charge on any atom is 0.315 e. The van der Waals surface area contributed by atoms with Gasteiger partial charge in [-0.15, -0.1) is 0 Å². The number of carbonyl (C=O) groups is 2. The molecule has 1 aromatic rings. The van der Waals surface area contributed by atoms with Crippen LogP contribution in [-0.4, -0.2) is 23.5 Å². The van der Waals surface area contributed by atoms with Crippen LogP contribution in [0.25, 0.3) is 0 Å². The molecule has 4 nitrogen and oxygen atoms in total. The molecule has 1 aliphatic rings. The van der Waals surface area contributed by atoms with Crippen LogP contribution < -0.4 is 5.32 Å². The molecule has 2 rings (SSSR count). The van der Waals surface area contributed by atoms with Crippen LogP contribution in [0.5, 0.6) is 0 Å². The minimum atomic E-state index is -1.21. The third-order valence-electron chi connectivity index (χ3n) is 3.72. The Bertz CT molecular complexity index is 555. The van der Waals surface area contributed by atoms with Gasteiger partial charge in [0.05, 0.1) is 0 Å². The lowest BCUT2D eigenvalue weighted by Gasteiger charge is -2.18. The number of hydrogen-bond acceptors (Lipinski definition) is 2. The minimum Gasteiger partial charge on any atom is -0.481 e. The van der Waals surface area contributed by atoms with Gasteiger partial charge in [0.15, 0.2) is 0 Å². The number of halogens is 2. The van der Waals surface area contributed by atoms with E-state index in [0.717, 1.165) is 6.07 Å². The highest BCUT2D eigenvalue weighted by Crippen LogP contribution is 2.48. The number of carboxylic acids is 1. The highest BCUT2D eigenvalue weighted by Gasteiger charge is 2.46.